The minimum absolute atomic E-state index is 0.121. The maximum absolute atomic E-state index is 12.9. The van der Waals surface area contributed by atoms with E-state index in [9.17, 15) is 17.6 Å². The number of halogens is 1. The van der Waals surface area contributed by atoms with Crippen molar-refractivity contribution in [3.05, 3.63) is 59.9 Å². The van der Waals surface area contributed by atoms with Gasteiger partial charge in [-0.2, -0.15) is 4.31 Å². The molecule has 2 aromatic rings. The van der Waals surface area contributed by atoms with Crippen molar-refractivity contribution in [3.63, 3.8) is 0 Å². The van der Waals surface area contributed by atoms with E-state index in [2.05, 4.69) is 5.32 Å². The lowest BCUT2D eigenvalue weighted by Crippen LogP contribution is -2.38. The van der Waals surface area contributed by atoms with Crippen LogP contribution in [0.2, 0.25) is 0 Å². The third-order valence-corrected chi connectivity index (χ3v) is 4.96. The second kappa shape index (κ2) is 8.77. The standard InChI is InChI=1S/C18H21FN2O4S/c1-25-17-5-3-4-16(12-17)20-18(22)13-21(26(2,23)24)11-10-14-6-8-15(19)9-7-14/h3-9,12H,10-11,13H2,1-2H3,(H,20,22). The highest BCUT2D eigenvalue weighted by molar-refractivity contribution is 7.88. The van der Waals surface area contributed by atoms with Crippen LogP contribution in [0, 0.1) is 5.82 Å². The molecule has 0 aliphatic carbocycles. The Morgan fingerprint density at radius 3 is 2.50 bits per heavy atom. The molecule has 1 amide bonds. The Labute approximate surface area is 152 Å². The largest absolute Gasteiger partial charge is 0.497 e. The van der Waals surface area contributed by atoms with Gasteiger partial charge in [-0.3, -0.25) is 4.79 Å². The maximum atomic E-state index is 12.9. The van der Waals surface area contributed by atoms with Crippen LogP contribution in [0.4, 0.5) is 10.1 Å². The normalized spacial score (nSPS) is 11.4. The summed E-state index contributed by atoms with van der Waals surface area (Å²) in [4.78, 5) is 12.2. The molecule has 2 aromatic carbocycles. The molecule has 0 fully saturated rings. The number of ether oxygens (including phenoxy) is 1. The summed E-state index contributed by atoms with van der Waals surface area (Å²) in [6.45, 7) is -0.187. The van der Waals surface area contributed by atoms with Crippen molar-refractivity contribution in [2.75, 3.05) is 31.8 Å². The number of benzene rings is 2. The lowest BCUT2D eigenvalue weighted by Gasteiger charge is -2.19. The monoisotopic (exact) mass is 380 g/mol. The number of methoxy groups -OCH3 is 1. The number of anilines is 1. The SMILES string of the molecule is COc1cccc(NC(=O)CN(CCc2ccc(F)cc2)S(C)(=O)=O)c1. The minimum Gasteiger partial charge on any atom is -0.497 e. The van der Waals surface area contributed by atoms with Gasteiger partial charge in [0.15, 0.2) is 0 Å². The number of rotatable bonds is 8. The molecule has 0 saturated heterocycles. The molecular formula is C18H21FN2O4S. The van der Waals surface area contributed by atoms with Gasteiger partial charge in [0.1, 0.15) is 11.6 Å². The Morgan fingerprint density at radius 2 is 1.88 bits per heavy atom. The summed E-state index contributed by atoms with van der Waals surface area (Å²) in [5.41, 5.74) is 1.30. The van der Waals surface area contributed by atoms with Gasteiger partial charge in [0.2, 0.25) is 15.9 Å². The average Bonchev–Trinajstić information content (AvgIpc) is 2.59. The van der Waals surface area contributed by atoms with Crippen molar-refractivity contribution in [3.8, 4) is 5.75 Å². The first kappa shape index (κ1) is 19.9. The number of carbonyl (C=O) groups is 1. The van der Waals surface area contributed by atoms with Crippen molar-refractivity contribution in [2.45, 2.75) is 6.42 Å². The zero-order valence-electron chi connectivity index (χ0n) is 14.6. The molecule has 0 radical (unpaired) electrons. The summed E-state index contributed by atoms with van der Waals surface area (Å²) in [6.07, 6.45) is 1.43. The summed E-state index contributed by atoms with van der Waals surface area (Å²) in [5.74, 6) is -0.228. The first-order valence-electron chi connectivity index (χ1n) is 7.91. The Balaban J connectivity index is 2.00. The van der Waals surface area contributed by atoms with Crippen molar-refractivity contribution in [2.24, 2.45) is 0 Å². The van der Waals surface area contributed by atoms with E-state index in [1.165, 1.54) is 19.2 Å². The Hall–Kier alpha value is -2.45. The van der Waals surface area contributed by atoms with Gasteiger partial charge >= 0.3 is 0 Å². The first-order valence-corrected chi connectivity index (χ1v) is 9.76. The molecule has 8 heteroatoms. The number of hydrogen-bond acceptors (Lipinski definition) is 4. The second-order valence-corrected chi connectivity index (χ2v) is 7.74. The van der Waals surface area contributed by atoms with Crippen LogP contribution in [-0.4, -0.2) is 45.1 Å². The highest BCUT2D eigenvalue weighted by atomic mass is 32.2. The Bertz CT molecular complexity index is 854. The number of nitrogens with one attached hydrogen (secondary N) is 1. The molecule has 0 aliphatic heterocycles. The van der Waals surface area contributed by atoms with E-state index in [1.807, 2.05) is 0 Å². The molecule has 26 heavy (non-hydrogen) atoms. The lowest BCUT2D eigenvalue weighted by molar-refractivity contribution is -0.116. The van der Waals surface area contributed by atoms with Crippen LogP contribution < -0.4 is 10.1 Å². The molecule has 0 heterocycles. The average molecular weight is 380 g/mol. The highest BCUT2D eigenvalue weighted by Crippen LogP contribution is 2.16. The first-order chi connectivity index (χ1) is 12.3. The molecule has 0 spiro atoms. The third-order valence-electron chi connectivity index (χ3n) is 3.71. The van der Waals surface area contributed by atoms with Crippen molar-refractivity contribution >= 4 is 21.6 Å². The van der Waals surface area contributed by atoms with Crippen LogP contribution in [0.3, 0.4) is 0 Å². The lowest BCUT2D eigenvalue weighted by atomic mass is 10.1. The third kappa shape index (κ3) is 6.12. The van der Waals surface area contributed by atoms with Crippen molar-refractivity contribution in [1.82, 2.24) is 4.31 Å². The van der Waals surface area contributed by atoms with Gasteiger partial charge < -0.3 is 10.1 Å². The zero-order chi connectivity index (χ0) is 19.2. The van der Waals surface area contributed by atoms with Crippen LogP contribution in [0.15, 0.2) is 48.5 Å². The number of carbonyl (C=O) groups excluding carboxylic acids is 1. The zero-order valence-corrected chi connectivity index (χ0v) is 15.4. The molecule has 0 atom stereocenters. The van der Waals surface area contributed by atoms with E-state index in [0.29, 0.717) is 17.9 Å². The summed E-state index contributed by atoms with van der Waals surface area (Å²) < 4.78 is 43.0. The summed E-state index contributed by atoms with van der Waals surface area (Å²) in [7, 11) is -2.05. The second-order valence-electron chi connectivity index (χ2n) is 5.75. The van der Waals surface area contributed by atoms with Gasteiger partial charge in [-0.25, -0.2) is 12.8 Å². The fourth-order valence-corrected chi connectivity index (χ4v) is 3.10. The summed E-state index contributed by atoms with van der Waals surface area (Å²) in [6, 6.07) is 12.6. The van der Waals surface area contributed by atoms with Crippen LogP contribution in [0.5, 0.6) is 5.75 Å². The molecule has 0 aromatic heterocycles. The number of nitrogens with zero attached hydrogens (tertiary/aromatic N) is 1. The number of sulfonamides is 1. The Kier molecular flexibility index (Phi) is 6.70. The van der Waals surface area contributed by atoms with E-state index in [1.54, 1.807) is 36.4 Å². The topological polar surface area (TPSA) is 75.7 Å². The molecular weight excluding hydrogens is 359 g/mol. The Morgan fingerprint density at radius 1 is 1.19 bits per heavy atom. The molecule has 0 unspecified atom stereocenters. The van der Waals surface area contributed by atoms with Gasteiger partial charge in [0.25, 0.3) is 0 Å². The van der Waals surface area contributed by atoms with E-state index in [0.717, 1.165) is 16.1 Å². The van der Waals surface area contributed by atoms with E-state index < -0.39 is 15.9 Å². The molecule has 2 rings (SSSR count). The summed E-state index contributed by atoms with van der Waals surface area (Å²) >= 11 is 0. The molecule has 140 valence electrons. The van der Waals surface area contributed by atoms with Crippen LogP contribution in [0.25, 0.3) is 0 Å². The van der Waals surface area contributed by atoms with E-state index in [4.69, 9.17) is 4.74 Å². The quantitative estimate of drug-likeness (QED) is 0.762. The predicted molar refractivity (Wildman–Crippen MR) is 98.1 cm³/mol. The van der Waals surface area contributed by atoms with Gasteiger partial charge in [-0.15, -0.1) is 0 Å². The number of amides is 1. The van der Waals surface area contributed by atoms with E-state index in [-0.39, 0.29) is 18.9 Å². The molecule has 1 N–H and O–H groups in total. The van der Waals surface area contributed by atoms with Crippen molar-refractivity contribution < 1.29 is 22.3 Å². The van der Waals surface area contributed by atoms with Gasteiger partial charge in [0.05, 0.1) is 19.9 Å². The highest BCUT2D eigenvalue weighted by Gasteiger charge is 2.20. The fraction of sp³-hybridized carbons (Fsp3) is 0.278. The fourth-order valence-electron chi connectivity index (χ4n) is 2.33. The molecule has 6 nitrogen and oxygen atoms in total. The molecule has 0 aliphatic rings. The van der Waals surface area contributed by atoms with Crippen molar-refractivity contribution in [1.29, 1.82) is 0 Å². The van der Waals surface area contributed by atoms with E-state index >= 15 is 0 Å². The summed E-state index contributed by atoms with van der Waals surface area (Å²) in [5, 5.41) is 2.65. The van der Waals surface area contributed by atoms with Gasteiger partial charge in [-0.05, 0) is 36.2 Å². The smallest absolute Gasteiger partial charge is 0.239 e. The maximum Gasteiger partial charge on any atom is 0.239 e. The molecule has 0 saturated carbocycles. The van der Waals surface area contributed by atoms with Gasteiger partial charge in [0, 0.05) is 18.3 Å². The molecule has 0 bridgehead atoms. The minimum atomic E-state index is -3.57. The van der Waals surface area contributed by atoms with Crippen LogP contribution in [0.1, 0.15) is 5.56 Å². The van der Waals surface area contributed by atoms with Crippen LogP contribution >= 0.6 is 0 Å². The van der Waals surface area contributed by atoms with Crippen LogP contribution in [-0.2, 0) is 21.2 Å². The predicted octanol–water partition coefficient (Wildman–Crippen LogP) is 2.28. The number of hydrogen-bond donors (Lipinski definition) is 1. The van der Waals surface area contributed by atoms with Gasteiger partial charge in [-0.1, -0.05) is 18.2 Å².